The molecule has 0 N–H and O–H groups in total. The fourth-order valence-corrected chi connectivity index (χ4v) is 15.7. The molecule has 59 heavy (non-hydrogen) atoms. The lowest BCUT2D eigenvalue weighted by Crippen LogP contribution is -2.73. The van der Waals surface area contributed by atoms with Crippen LogP contribution in [0.5, 0.6) is 0 Å². The summed E-state index contributed by atoms with van der Waals surface area (Å²) >= 11 is 0. The van der Waals surface area contributed by atoms with Crippen LogP contribution in [0.25, 0.3) is 72.5 Å². The smallest absolute Gasteiger partial charge is 0.185 e. The first kappa shape index (κ1) is 33.9. The van der Waals surface area contributed by atoms with Crippen molar-refractivity contribution < 1.29 is 0 Å². The molecule has 8 aromatic carbocycles. The number of para-hydroxylation sites is 1. The molecule has 1 aliphatic carbocycles. The van der Waals surface area contributed by atoms with Gasteiger partial charge in [0.1, 0.15) is 0 Å². The van der Waals surface area contributed by atoms with E-state index in [-0.39, 0.29) is 5.41 Å². The van der Waals surface area contributed by atoms with E-state index < -0.39 is 8.07 Å². The van der Waals surface area contributed by atoms with Crippen LogP contribution in [0.4, 0.5) is 0 Å². The maximum atomic E-state index is 5.66. The predicted octanol–water partition coefficient (Wildman–Crippen LogP) is 10.6. The summed E-state index contributed by atoms with van der Waals surface area (Å²) < 4.78 is 2.47. The summed E-state index contributed by atoms with van der Waals surface area (Å²) in [5.74, 6) is 0.735. The zero-order chi connectivity index (χ0) is 39.3. The predicted molar refractivity (Wildman–Crippen MR) is 247 cm³/mol. The van der Waals surface area contributed by atoms with E-state index in [1.165, 1.54) is 70.4 Å². The molecule has 2 aromatic heterocycles. The standard InChI is InChI=1S/C55H39N3Si/c1-55(2)46-30-15-12-27-41(46)44-35-49-45(34-47(44)55)42-28-13-16-31-48(42)58(49)38-22-18-21-37(33-38)51-53-52(57-54(56-51)36-19-6-3-7-20-36)43-29-14-17-32-50(43)59(53,39-23-8-4-9-24-39)40-25-10-5-11-26-40/h3-35H,1-2H3. The molecule has 2 aliphatic rings. The van der Waals surface area contributed by atoms with Gasteiger partial charge in [-0.15, -0.1) is 0 Å². The number of aromatic nitrogens is 3. The zero-order valence-electron chi connectivity index (χ0n) is 32.9. The number of nitrogens with zero attached hydrogens (tertiary/aromatic N) is 3. The Morgan fingerprint density at radius 3 is 1.81 bits per heavy atom. The normalized spacial score (nSPS) is 14.2. The maximum absolute atomic E-state index is 5.66. The minimum atomic E-state index is -2.94. The average Bonchev–Trinajstić information content (AvgIpc) is 3.87. The highest BCUT2D eigenvalue weighted by molar-refractivity contribution is 7.22. The van der Waals surface area contributed by atoms with Crippen LogP contribution in [0.1, 0.15) is 25.0 Å². The largest absolute Gasteiger partial charge is 0.309 e. The molecule has 0 unspecified atom stereocenters. The van der Waals surface area contributed by atoms with Crippen LogP contribution in [-0.4, -0.2) is 22.6 Å². The second-order valence-corrected chi connectivity index (χ2v) is 20.2. The lowest BCUT2D eigenvalue weighted by atomic mass is 9.82. The Kier molecular flexibility index (Phi) is 7.29. The molecule has 0 bridgehead atoms. The van der Waals surface area contributed by atoms with E-state index in [0.717, 1.165) is 34.0 Å². The highest BCUT2D eigenvalue weighted by Gasteiger charge is 2.51. The maximum Gasteiger partial charge on any atom is 0.185 e. The number of fused-ring (bicyclic) bond motifs is 9. The Morgan fingerprint density at radius 1 is 0.441 bits per heavy atom. The third-order valence-corrected chi connectivity index (χ3v) is 17.9. The van der Waals surface area contributed by atoms with Crippen molar-refractivity contribution in [3.8, 4) is 50.7 Å². The Labute approximate surface area is 345 Å². The summed E-state index contributed by atoms with van der Waals surface area (Å²) in [5, 5.41) is 7.77. The van der Waals surface area contributed by atoms with Crippen LogP contribution in [0.3, 0.4) is 0 Å². The van der Waals surface area contributed by atoms with Crippen molar-refractivity contribution in [2.45, 2.75) is 19.3 Å². The van der Waals surface area contributed by atoms with Crippen molar-refractivity contribution in [2.24, 2.45) is 0 Å². The van der Waals surface area contributed by atoms with Crippen molar-refractivity contribution in [1.82, 2.24) is 14.5 Å². The quantitative estimate of drug-likeness (QED) is 0.163. The molecule has 0 amide bonds. The first-order valence-corrected chi connectivity index (χ1v) is 22.5. The molecule has 12 rings (SSSR count). The van der Waals surface area contributed by atoms with Gasteiger partial charge in [-0.3, -0.25) is 0 Å². The van der Waals surface area contributed by atoms with Crippen molar-refractivity contribution >= 4 is 50.6 Å². The van der Waals surface area contributed by atoms with Gasteiger partial charge in [-0.1, -0.05) is 184 Å². The summed E-state index contributed by atoms with van der Waals surface area (Å²) in [6.45, 7) is 4.73. The Hall–Kier alpha value is -7.14. The molecular formula is C55H39N3Si. The lowest BCUT2D eigenvalue weighted by Gasteiger charge is -2.32. The summed E-state index contributed by atoms with van der Waals surface area (Å²) in [5.41, 5.74) is 14.1. The average molecular weight is 770 g/mol. The van der Waals surface area contributed by atoms with E-state index in [0.29, 0.717) is 0 Å². The van der Waals surface area contributed by atoms with Gasteiger partial charge in [0.25, 0.3) is 0 Å². The molecule has 3 nitrogen and oxygen atoms in total. The van der Waals surface area contributed by atoms with Crippen molar-refractivity contribution in [1.29, 1.82) is 0 Å². The SMILES string of the molecule is CC1(C)c2ccccc2-c2cc3c(cc21)c1ccccc1n3-c1cccc(-c2nc(-c3ccccc3)nc3c2[Si](c2ccccc2)(c2ccccc2)c2ccccc2-3)c1. The minimum Gasteiger partial charge on any atom is -0.309 e. The van der Waals surface area contributed by atoms with E-state index >= 15 is 0 Å². The second-order valence-electron chi connectivity index (χ2n) is 16.5. The van der Waals surface area contributed by atoms with E-state index in [1.54, 1.807) is 0 Å². The first-order chi connectivity index (χ1) is 29.0. The Morgan fingerprint density at radius 2 is 1.05 bits per heavy atom. The zero-order valence-corrected chi connectivity index (χ0v) is 33.9. The van der Waals surface area contributed by atoms with Crippen molar-refractivity contribution in [3.05, 3.63) is 211 Å². The fourth-order valence-electron chi connectivity index (χ4n) is 10.5. The molecule has 0 fully saturated rings. The van der Waals surface area contributed by atoms with Crippen LogP contribution in [0.2, 0.25) is 0 Å². The molecule has 1 aliphatic heterocycles. The van der Waals surface area contributed by atoms with E-state index in [4.69, 9.17) is 9.97 Å². The van der Waals surface area contributed by atoms with Gasteiger partial charge in [-0.2, -0.15) is 0 Å². The van der Waals surface area contributed by atoms with Gasteiger partial charge in [0.05, 0.1) is 22.4 Å². The number of benzene rings is 8. The van der Waals surface area contributed by atoms with Crippen LogP contribution < -0.4 is 20.7 Å². The Bertz CT molecular complexity index is 3250. The van der Waals surface area contributed by atoms with E-state index in [2.05, 4.69) is 219 Å². The summed E-state index contributed by atoms with van der Waals surface area (Å²) in [6, 6.07) is 73.5. The van der Waals surface area contributed by atoms with Gasteiger partial charge in [0, 0.05) is 43.8 Å². The monoisotopic (exact) mass is 769 g/mol. The molecule has 10 aromatic rings. The molecular weight excluding hydrogens is 731 g/mol. The third kappa shape index (κ3) is 4.75. The lowest BCUT2D eigenvalue weighted by molar-refractivity contribution is 0.661. The minimum absolute atomic E-state index is 0.0848. The molecule has 0 saturated heterocycles. The van der Waals surface area contributed by atoms with Crippen molar-refractivity contribution in [3.63, 3.8) is 0 Å². The summed E-state index contributed by atoms with van der Waals surface area (Å²) in [7, 11) is -2.94. The summed E-state index contributed by atoms with van der Waals surface area (Å²) in [6.07, 6.45) is 0. The highest BCUT2D eigenvalue weighted by atomic mass is 28.3. The van der Waals surface area contributed by atoms with Gasteiger partial charge in [0.2, 0.25) is 0 Å². The first-order valence-electron chi connectivity index (χ1n) is 20.5. The van der Waals surface area contributed by atoms with Gasteiger partial charge < -0.3 is 4.57 Å². The van der Waals surface area contributed by atoms with Gasteiger partial charge in [-0.05, 0) is 68.1 Å². The van der Waals surface area contributed by atoms with Crippen LogP contribution in [0.15, 0.2) is 200 Å². The molecule has 4 heteroatoms. The molecule has 0 atom stereocenters. The van der Waals surface area contributed by atoms with Crippen LogP contribution in [-0.2, 0) is 5.41 Å². The molecule has 0 radical (unpaired) electrons. The molecule has 0 spiro atoms. The Balaban J connectivity index is 1.17. The number of rotatable bonds is 5. The molecule has 3 heterocycles. The molecule has 278 valence electrons. The molecule has 0 saturated carbocycles. The number of hydrogen-bond acceptors (Lipinski definition) is 2. The second kappa shape index (κ2) is 12.7. The van der Waals surface area contributed by atoms with Gasteiger partial charge in [0.15, 0.2) is 13.9 Å². The third-order valence-electron chi connectivity index (χ3n) is 13.1. The van der Waals surface area contributed by atoms with Gasteiger partial charge in [-0.25, -0.2) is 9.97 Å². The summed E-state index contributed by atoms with van der Waals surface area (Å²) in [4.78, 5) is 11.2. The van der Waals surface area contributed by atoms with Crippen LogP contribution in [0, 0.1) is 0 Å². The van der Waals surface area contributed by atoms with Crippen LogP contribution >= 0.6 is 0 Å². The van der Waals surface area contributed by atoms with Gasteiger partial charge >= 0.3 is 0 Å². The topological polar surface area (TPSA) is 30.7 Å². The van der Waals surface area contributed by atoms with Crippen molar-refractivity contribution in [2.75, 3.05) is 0 Å². The highest BCUT2D eigenvalue weighted by Crippen LogP contribution is 2.51. The van der Waals surface area contributed by atoms with E-state index in [9.17, 15) is 0 Å². The fraction of sp³-hybridized carbons (Fsp3) is 0.0545. The van der Waals surface area contributed by atoms with E-state index in [1.807, 2.05) is 0 Å². The number of hydrogen-bond donors (Lipinski definition) is 0.